The van der Waals surface area contributed by atoms with E-state index in [1.807, 2.05) is 25.1 Å². The minimum Gasteiger partial charge on any atom is -0.479 e. The molecule has 122 valence electrons. The Morgan fingerprint density at radius 3 is 2.52 bits per heavy atom. The molecule has 0 saturated heterocycles. The van der Waals surface area contributed by atoms with Gasteiger partial charge in [0.25, 0.3) is 5.91 Å². The van der Waals surface area contributed by atoms with E-state index < -0.39 is 11.5 Å². The number of hydrogen-bond acceptors (Lipinski definition) is 3. The minimum absolute atomic E-state index is 0.197. The first-order valence-corrected chi connectivity index (χ1v) is 7.96. The van der Waals surface area contributed by atoms with E-state index in [-0.39, 0.29) is 11.7 Å². The number of para-hydroxylation sites is 1. The number of aliphatic carboxylic acids is 1. The van der Waals surface area contributed by atoms with Gasteiger partial charge in [0.2, 0.25) is 0 Å². The van der Waals surface area contributed by atoms with Crippen molar-refractivity contribution in [3.63, 3.8) is 0 Å². The van der Waals surface area contributed by atoms with E-state index in [0.29, 0.717) is 18.4 Å². The zero-order chi connectivity index (χ0) is 16.6. The Bertz CT molecular complexity index is 755. The quantitative estimate of drug-likeness (QED) is 0.939. The largest absolute Gasteiger partial charge is 0.479 e. The Kier molecular flexibility index (Phi) is 3.88. The van der Waals surface area contributed by atoms with Crippen LogP contribution in [0.5, 0.6) is 0 Å². The molecule has 1 aromatic heterocycles. The van der Waals surface area contributed by atoms with E-state index in [1.165, 1.54) is 4.90 Å². The second-order valence-electron chi connectivity index (χ2n) is 6.37. The summed E-state index contributed by atoms with van der Waals surface area (Å²) in [6.07, 6.45) is 3.64. The summed E-state index contributed by atoms with van der Waals surface area (Å²) in [5.41, 5.74) is 0.510. The Labute approximate surface area is 134 Å². The summed E-state index contributed by atoms with van der Waals surface area (Å²) < 4.78 is 5.71. The third-order valence-corrected chi connectivity index (χ3v) is 4.98. The molecule has 23 heavy (non-hydrogen) atoms. The van der Waals surface area contributed by atoms with Crippen molar-refractivity contribution in [1.29, 1.82) is 0 Å². The molecule has 3 rings (SSSR count). The fourth-order valence-electron chi connectivity index (χ4n) is 3.50. The molecule has 1 aliphatic rings. The van der Waals surface area contributed by atoms with E-state index in [0.717, 1.165) is 30.2 Å². The molecule has 0 aliphatic heterocycles. The first-order valence-electron chi connectivity index (χ1n) is 7.96. The number of fused-ring (bicyclic) bond motifs is 1. The lowest BCUT2D eigenvalue weighted by atomic mass is 9.80. The van der Waals surface area contributed by atoms with Crippen LogP contribution in [0.15, 0.2) is 28.7 Å². The third-order valence-electron chi connectivity index (χ3n) is 4.98. The number of carboxylic acid groups (broad SMARTS) is 1. The van der Waals surface area contributed by atoms with Gasteiger partial charge in [0.1, 0.15) is 11.1 Å². The highest BCUT2D eigenvalue weighted by Gasteiger charge is 2.46. The molecule has 1 aromatic carbocycles. The van der Waals surface area contributed by atoms with Gasteiger partial charge in [-0.05, 0) is 31.4 Å². The minimum atomic E-state index is -1.12. The zero-order valence-corrected chi connectivity index (χ0v) is 13.5. The molecule has 5 nitrogen and oxygen atoms in total. The molecule has 1 saturated carbocycles. The predicted molar refractivity (Wildman–Crippen MR) is 86.5 cm³/mol. The van der Waals surface area contributed by atoms with Crippen LogP contribution in [0.2, 0.25) is 0 Å². The normalized spacial score (nSPS) is 17.1. The molecule has 1 N–H and O–H groups in total. The van der Waals surface area contributed by atoms with Gasteiger partial charge in [-0.15, -0.1) is 0 Å². The Morgan fingerprint density at radius 1 is 1.22 bits per heavy atom. The summed E-state index contributed by atoms with van der Waals surface area (Å²) >= 11 is 0. The van der Waals surface area contributed by atoms with E-state index in [1.54, 1.807) is 13.1 Å². The van der Waals surface area contributed by atoms with Crippen molar-refractivity contribution < 1.29 is 19.1 Å². The molecule has 1 amide bonds. The lowest BCUT2D eigenvalue weighted by Gasteiger charge is -2.40. The van der Waals surface area contributed by atoms with E-state index >= 15 is 0 Å². The fraction of sp³-hybridized carbons (Fsp3) is 0.444. The number of carboxylic acids is 1. The summed E-state index contributed by atoms with van der Waals surface area (Å²) in [5.74, 6) is -1.10. The second kappa shape index (κ2) is 5.72. The van der Waals surface area contributed by atoms with Gasteiger partial charge in [0.15, 0.2) is 5.76 Å². The van der Waals surface area contributed by atoms with E-state index in [4.69, 9.17) is 4.42 Å². The van der Waals surface area contributed by atoms with Crippen LogP contribution in [-0.2, 0) is 4.79 Å². The molecule has 0 atom stereocenters. The molecule has 0 spiro atoms. The van der Waals surface area contributed by atoms with Gasteiger partial charge >= 0.3 is 5.97 Å². The third kappa shape index (κ3) is 2.50. The standard InChI is InChI=1S/C18H21NO4/c1-12-7-6-8-13-11-14(23-15(12)13)16(20)19(2)18(17(21)22)9-4-3-5-10-18/h6-8,11H,3-5,9-10H2,1-2H3,(H,21,22). The van der Waals surface area contributed by atoms with Gasteiger partial charge in [-0.2, -0.15) is 0 Å². The van der Waals surface area contributed by atoms with Gasteiger partial charge < -0.3 is 14.4 Å². The van der Waals surface area contributed by atoms with Crippen LogP contribution >= 0.6 is 0 Å². The van der Waals surface area contributed by atoms with E-state index in [9.17, 15) is 14.7 Å². The van der Waals surface area contributed by atoms with Crippen molar-refractivity contribution in [2.45, 2.75) is 44.6 Å². The van der Waals surface area contributed by atoms with Gasteiger partial charge in [-0.25, -0.2) is 4.79 Å². The molecular formula is C18H21NO4. The van der Waals surface area contributed by atoms with Crippen LogP contribution < -0.4 is 0 Å². The predicted octanol–water partition coefficient (Wildman–Crippen LogP) is 3.60. The maximum absolute atomic E-state index is 12.8. The van der Waals surface area contributed by atoms with Gasteiger partial charge in [-0.1, -0.05) is 37.5 Å². The van der Waals surface area contributed by atoms with Crippen LogP contribution in [0.25, 0.3) is 11.0 Å². The highest BCUT2D eigenvalue weighted by Crippen LogP contribution is 2.35. The van der Waals surface area contributed by atoms with Crippen LogP contribution in [-0.4, -0.2) is 34.5 Å². The van der Waals surface area contributed by atoms with Gasteiger partial charge in [0.05, 0.1) is 0 Å². The highest BCUT2D eigenvalue weighted by atomic mass is 16.4. The van der Waals surface area contributed by atoms with Crippen LogP contribution in [0.1, 0.15) is 48.2 Å². The van der Waals surface area contributed by atoms with Crippen molar-refractivity contribution in [3.05, 3.63) is 35.6 Å². The lowest BCUT2D eigenvalue weighted by molar-refractivity contribution is -0.151. The van der Waals surface area contributed by atoms with Crippen molar-refractivity contribution in [1.82, 2.24) is 4.90 Å². The summed E-state index contributed by atoms with van der Waals surface area (Å²) in [5, 5.41) is 10.6. The number of carbonyl (C=O) groups is 2. The monoisotopic (exact) mass is 315 g/mol. The molecular weight excluding hydrogens is 294 g/mol. The average Bonchev–Trinajstić information content (AvgIpc) is 2.99. The lowest BCUT2D eigenvalue weighted by Crippen LogP contribution is -2.56. The Hall–Kier alpha value is -2.30. The maximum Gasteiger partial charge on any atom is 0.329 e. The molecule has 1 aliphatic carbocycles. The number of rotatable bonds is 3. The second-order valence-corrected chi connectivity index (χ2v) is 6.37. The molecule has 5 heteroatoms. The number of benzene rings is 1. The SMILES string of the molecule is Cc1cccc2cc(C(=O)N(C)C3(C(=O)O)CCCCC3)oc12. The van der Waals surface area contributed by atoms with Crippen molar-refractivity contribution in [2.75, 3.05) is 7.05 Å². The Balaban J connectivity index is 1.96. The number of nitrogens with zero attached hydrogens (tertiary/aromatic N) is 1. The molecule has 1 heterocycles. The molecule has 1 fully saturated rings. The summed E-state index contributed by atoms with van der Waals surface area (Å²) in [7, 11) is 1.57. The number of aryl methyl sites for hydroxylation is 1. The number of hydrogen-bond donors (Lipinski definition) is 1. The number of likely N-dealkylation sites (N-methyl/N-ethyl adjacent to an activating group) is 1. The molecule has 0 bridgehead atoms. The first-order chi connectivity index (χ1) is 11.0. The average molecular weight is 315 g/mol. The maximum atomic E-state index is 12.8. The van der Waals surface area contributed by atoms with Crippen molar-refractivity contribution >= 4 is 22.8 Å². The van der Waals surface area contributed by atoms with Crippen molar-refractivity contribution in [2.24, 2.45) is 0 Å². The van der Waals surface area contributed by atoms with E-state index in [2.05, 4.69) is 0 Å². The van der Waals surface area contributed by atoms with Gasteiger partial charge in [-0.3, -0.25) is 4.79 Å². The number of carbonyl (C=O) groups excluding carboxylic acids is 1. The molecule has 2 aromatic rings. The summed E-state index contributed by atoms with van der Waals surface area (Å²) in [4.78, 5) is 26.0. The van der Waals surface area contributed by atoms with Crippen LogP contribution in [0.3, 0.4) is 0 Å². The molecule has 0 unspecified atom stereocenters. The van der Waals surface area contributed by atoms with Crippen LogP contribution in [0, 0.1) is 6.92 Å². The zero-order valence-electron chi connectivity index (χ0n) is 13.5. The molecule has 0 radical (unpaired) electrons. The van der Waals surface area contributed by atoms with Gasteiger partial charge in [0, 0.05) is 12.4 Å². The number of furan rings is 1. The fourth-order valence-corrected chi connectivity index (χ4v) is 3.50. The smallest absolute Gasteiger partial charge is 0.329 e. The first kappa shape index (κ1) is 15.6. The summed E-state index contributed by atoms with van der Waals surface area (Å²) in [6, 6.07) is 7.41. The Morgan fingerprint density at radius 2 is 1.91 bits per heavy atom. The van der Waals surface area contributed by atoms with Crippen molar-refractivity contribution in [3.8, 4) is 0 Å². The summed E-state index contributed by atoms with van der Waals surface area (Å²) in [6.45, 7) is 1.92. The highest BCUT2D eigenvalue weighted by molar-refractivity contribution is 5.99. The number of amides is 1. The van der Waals surface area contributed by atoms with Crippen LogP contribution in [0.4, 0.5) is 0 Å². The topological polar surface area (TPSA) is 70.8 Å².